The van der Waals surface area contributed by atoms with E-state index in [1.807, 2.05) is 17.0 Å². The lowest BCUT2D eigenvalue weighted by atomic mass is 9.99. The molecule has 1 saturated heterocycles. The number of aromatic nitrogens is 1. The Balaban J connectivity index is 1.65. The molecule has 2 aromatic rings. The lowest BCUT2D eigenvalue weighted by Crippen LogP contribution is -2.39. The number of amides is 2. The molecule has 0 bridgehead atoms. The van der Waals surface area contributed by atoms with Crippen LogP contribution in [0.25, 0.3) is 0 Å². The Kier molecular flexibility index (Phi) is 5.89. The first-order valence-corrected chi connectivity index (χ1v) is 9.17. The molecule has 136 valence electrons. The summed E-state index contributed by atoms with van der Waals surface area (Å²) in [7, 11) is 0. The maximum Gasteiger partial charge on any atom is 0.255 e. The molecule has 0 aliphatic carbocycles. The van der Waals surface area contributed by atoms with Crippen LogP contribution in [0.5, 0.6) is 0 Å². The van der Waals surface area contributed by atoms with Gasteiger partial charge in [0.2, 0.25) is 0 Å². The number of carbonyl (C=O) groups is 2. The first-order valence-electron chi connectivity index (χ1n) is 8.80. The smallest absolute Gasteiger partial charge is 0.255 e. The zero-order valence-electron chi connectivity index (χ0n) is 14.7. The number of halogens is 1. The maximum absolute atomic E-state index is 12.7. The zero-order chi connectivity index (χ0) is 18.5. The van der Waals surface area contributed by atoms with Gasteiger partial charge in [0.05, 0.1) is 11.1 Å². The number of nitrogens with zero attached hydrogens (tertiary/aromatic N) is 2. The first-order chi connectivity index (χ1) is 12.5. The van der Waals surface area contributed by atoms with E-state index < -0.39 is 0 Å². The molecular weight excluding hydrogens is 350 g/mol. The van der Waals surface area contributed by atoms with Crippen molar-refractivity contribution in [1.82, 2.24) is 15.2 Å². The van der Waals surface area contributed by atoms with E-state index in [9.17, 15) is 9.59 Å². The lowest BCUT2D eigenvalue weighted by Gasteiger charge is -2.30. The highest BCUT2D eigenvalue weighted by Crippen LogP contribution is 2.18. The van der Waals surface area contributed by atoms with Gasteiger partial charge in [-0.15, -0.1) is 0 Å². The van der Waals surface area contributed by atoms with Crippen LogP contribution in [0.1, 0.15) is 46.0 Å². The number of carbonyl (C=O) groups excluding carboxylic acids is 2. The molecule has 1 unspecified atom stereocenters. The van der Waals surface area contributed by atoms with Crippen LogP contribution in [0.2, 0.25) is 5.02 Å². The Hall–Kier alpha value is -2.40. The third-order valence-corrected chi connectivity index (χ3v) is 4.81. The Labute approximate surface area is 158 Å². The number of likely N-dealkylation sites (tertiary alicyclic amines) is 1. The molecule has 1 N–H and O–H groups in total. The predicted octanol–water partition coefficient (Wildman–Crippen LogP) is 3.54. The summed E-state index contributed by atoms with van der Waals surface area (Å²) in [5, 5.41) is 3.50. The molecule has 6 heteroatoms. The van der Waals surface area contributed by atoms with E-state index in [1.165, 1.54) is 12.4 Å². The minimum absolute atomic E-state index is 0.0589. The van der Waals surface area contributed by atoms with Gasteiger partial charge in [-0.05, 0) is 42.5 Å². The molecule has 1 aromatic heterocycles. The summed E-state index contributed by atoms with van der Waals surface area (Å²) >= 11 is 5.86. The number of nitrogens with one attached hydrogen (secondary N) is 1. The second-order valence-corrected chi connectivity index (χ2v) is 7.21. The molecule has 1 aliphatic rings. The fourth-order valence-corrected chi connectivity index (χ4v) is 3.25. The van der Waals surface area contributed by atoms with Crippen molar-refractivity contribution in [3.8, 4) is 0 Å². The van der Waals surface area contributed by atoms with Gasteiger partial charge in [-0.3, -0.25) is 14.6 Å². The first kappa shape index (κ1) is 18.4. The van der Waals surface area contributed by atoms with Crippen molar-refractivity contribution >= 4 is 23.4 Å². The normalized spacial score (nSPS) is 17.0. The van der Waals surface area contributed by atoms with E-state index in [1.54, 1.807) is 18.2 Å². The van der Waals surface area contributed by atoms with E-state index in [0.29, 0.717) is 28.6 Å². The minimum atomic E-state index is -0.255. The number of benzene rings is 1. The van der Waals surface area contributed by atoms with Crippen LogP contribution >= 0.6 is 11.6 Å². The van der Waals surface area contributed by atoms with Crippen molar-refractivity contribution in [3.05, 3.63) is 64.4 Å². The third kappa shape index (κ3) is 4.61. The molecular formula is C20H22ClN3O2. The summed E-state index contributed by atoms with van der Waals surface area (Å²) in [4.78, 5) is 31.0. The van der Waals surface area contributed by atoms with Gasteiger partial charge in [0.25, 0.3) is 11.8 Å². The predicted molar refractivity (Wildman–Crippen MR) is 101 cm³/mol. The van der Waals surface area contributed by atoms with Crippen molar-refractivity contribution in [2.24, 2.45) is 5.92 Å². The van der Waals surface area contributed by atoms with E-state index in [0.717, 1.165) is 31.5 Å². The van der Waals surface area contributed by atoms with Gasteiger partial charge in [-0.1, -0.05) is 30.7 Å². The summed E-state index contributed by atoms with van der Waals surface area (Å²) in [5.74, 6) is 0.192. The van der Waals surface area contributed by atoms with E-state index in [-0.39, 0.29) is 11.8 Å². The van der Waals surface area contributed by atoms with Crippen molar-refractivity contribution in [3.63, 3.8) is 0 Å². The number of hydrogen-bond acceptors (Lipinski definition) is 3. The van der Waals surface area contributed by atoms with Crippen LogP contribution < -0.4 is 5.32 Å². The van der Waals surface area contributed by atoms with Gasteiger partial charge in [-0.2, -0.15) is 0 Å². The van der Waals surface area contributed by atoms with Crippen molar-refractivity contribution in [2.75, 3.05) is 13.1 Å². The number of piperidine rings is 1. The monoisotopic (exact) mass is 371 g/mol. The topological polar surface area (TPSA) is 62.3 Å². The summed E-state index contributed by atoms with van der Waals surface area (Å²) < 4.78 is 0. The highest BCUT2D eigenvalue weighted by Gasteiger charge is 2.22. The molecule has 1 atom stereocenters. The van der Waals surface area contributed by atoms with Crippen LogP contribution in [0.3, 0.4) is 0 Å². The van der Waals surface area contributed by atoms with Crippen LogP contribution in [-0.4, -0.2) is 34.8 Å². The highest BCUT2D eigenvalue weighted by atomic mass is 35.5. The van der Waals surface area contributed by atoms with Gasteiger partial charge in [-0.25, -0.2) is 0 Å². The minimum Gasteiger partial charge on any atom is -0.348 e. The number of rotatable bonds is 4. The average molecular weight is 372 g/mol. The van der Waals surface area contributed by atoms with Crippen molar-refractivity contribution in [1.29, 1.82) is 0 Å². The van der Waals surface area contributed by atoms with Gasteiger partial charge < -0.3 is 10.2 Å². The SMILES string of the molecule is CC1CCCN(C(=O)c2cncc(C(=O)NCc3ccc(Cl)cc3)c2)C1. The van der Waals surface area contributed by atoms with Crippen LogP contribution in [-0.2, 0) is 6.54 Å². The molecule has 0 saturated carbocycles. The lowest BCUT2D eigenvalue weighted by molar-refractivity contribution is 0.0682. The van der Waals surface area contributed by atoms with E-state index in [2.05, 4.69) is 17.2 Å². The Morgan fingerprint density at radius 1 is 1.23 bits per heavy atom. The molecule has 3 rings (SSSR count). The van der Waals surface area contributed by atoms with Crippen molar-refractivity contribution in [2.45, 2.75) is 26.3 Å². The molecule has 2 amide bonds. The summed E-state index contributed by atoms with van der Waals surface area (Å²) in [6.45, 7) is 4.05. The van der Waals surface area contributed by atoms with E-state index in [4.69, 9.17) is 11.6 Å². The molecule has 0 radical (unpaired) electrons. The van der Waals surface area contributed by atoms with Crippen LogP contribution in [0.4, 0.5) is 0 Å². The molecule has 2 heterocycles. The van der Waals surface area contributed by atoms with Gasteiger partial charge in [0.1, 0.15) is 0 Å². The Bertz CT molecular complexity index is 792. The fraction of sp³-hybridized carbons (Fsp3) is 0.350. The fourth-order valence-electron chi connectivity index (χ4n) is 3.12. The number of pyridine rings is 1. The Morgan fingerprint density at radius 3 is 2.69 bits per heavy atom. The summed E-state index contributed by atoms with van der Waals surface area (Å²) in [6.07, 6.45) is 5.17. The summed E-state index contributed by atoms with van der Waals surface area (Å²) in [6, 6.07) is 8.90. The molecule has 26 heavy (non-hydrogen) atoms. The van der Waals surface area contributed by atoms with Gasteiger partial charge in [0, 0.05) is 37.1 Å². The maximum atomic E-state index is 12.7. The zero-order valence-corrected chi connectivity index (χ0v) is 15.5. The largest absolute Gasteiger partial charge is 0.348 e. The molecule has 1 fully saturated rings. The summed E-state index contributed by atoms with van der Waals surface area (Å²) in [5.41, 5.74) is 1.79. The average Bonchev–Trinajstić information content (AvgIpc) is 2.67. The molecule has 5 nitrogen and oxygen atoms in total. The highest BCUT2D eigenvalue weighted by molar-refractivity contribution is 6.30. The van der Waals surface area contributed by atoms with Gasteiger partial charge >= 0.3 is 0 Å². The van der Waals surface area contributed by atoms with Gasteiger partial charge in [0.15, 0.2) is 0 Å². The Morgan fingerprint density at radius 2 is 1.96 bits per heavy atom. The second kappa shape index (κ2) is 8.32. The molecule has 0 spiro atoms. The quantitative estimate of drug-likeness (QED) is 0.894. The van der Waals surface area contributed by atoms with Crippen LogP contribution in [0, 0.1) is 5.92 Å². The van der Waals surface area contributed by atoms with E-state index >= 15 is 0 Å². The molecule has 1 aliphatic heterocycles. The third-order valence-electron chi connectivity index (χ3n) is 4.56. The standard InChI is InChI=1S/C20H22ClN3O2/c1-14-3-2-8-24(13-14)20(26)17-9-16(11-22-12-17)19(25)23-10-15-4-6-18(21)7-5-15/h4-7,9,11-12,14H,2-3,8,10,13H2,1H3,(H,23,25). The number of hydrogen-bond donors (Lipinski definition) is 1. The van der Waals surface area contributed by atoms with Crippen LogP contribution in [0.15, 0.2) is 42.7 Å². The second-order valence-electron chi connectivity index (χ2n) is 6.77. The molecule has 1 aromatic carbocycles. The van der Waals surface area contributed by atoms with Crippen molar-refractivity contribution < 1.29 is 9.59 Å².